The molecule has 0 amide bonds. The van der Waals surface area contributed by atoms with E-state index in [1.165, 1.54) is 66.2 Å². The van der Waals surface area contributed by atoms with E-state index in [1.54, 1.807) is 0 Å². The van der Waals surface area contributed by atoms with Gasteiger partial charge in [0.2, 0.25) is 0 Å². The number of hydrogen-bond acceptors (Lipinski definition) is 3. The van der Waals surface area contributed by atoms with Crippen molar-refractivity contribution in [2.75, 3.05) is 0 Å². The van der Waals surface area contributed by atoms with E-state index in [1.807, 2.05) is 0 Å². The average molecular weight is 746 g/mol. The summed E-state index contributed by atoms with van der Waals surface area (Å²) in [5.41, 5.74) is 15.4. The number of hydrogen-bond donors (Lipinski definition) is 0. The van der Waals surface area contributed by atoms with Crippen molar-refractivity contribution < 1.29 is 0 Å². The first-order chi connectivity index (χ1) is 28.2. The maximum absolute atomic E-state index is 5.61. The predicted octanol–water partition coefficient (Wildman–Crippen LogP) is 13.5. The molecular weight excluding hydrogens is 703 g/mol. The van der Waals surface area contributed by atoms with Gasteiger partial charge in [-0.25, -0.2) is 4.98 Å². The van der Waals surface area contributed by atoms with Crippen LogP contribution in [-0.4, -0.2) is 15.2 Å². The van der Waals surface area contributed by atoms with E-state index in [9.17, 15) is 0 Å². The van der Waals surface area contributed by atoms with Crippen LogP contribution >= 0.6 is 0 Å². The fourth-order valence-corrected chi connectivity index (χ4v) is 10.3. The Morgan fingerprint density at radius 1 is 0.431 bits per heavy atom. The topological polar surface area (TPSA) is 38.7 Å². The highest BCUT2D eigenvalue weighted by atomic mass is 15.2. The lowest BCUT2D eigenvalue weighted by Gasteiger charge is -2.47. The molecule has 2 aliphatic rings. The minimum absolute atomic E-state index is 0.0422. The molecule has 0 aliphatic heterocycles. The lowest BCUT2D eigenvalue weighted by Crippen LogP contribution is -2.41. The molecule has 0 N–H and O–H groups in total. The zero-order chi connectivity index (χ0) is 39.4. The summed E-state index contributed by atoms with van der Waals surface area (Å²) in [4.78, 5) is 5.61. The molecule has 0 radical (unpaired) electrons. The van der Waals surface area contributed by atoms with Crippen LogP contribution in [0.25, 0.3) is 66.6 Å². The molecule has 0 unspecified atom stereocenters. The maximum Gasteiger partial charge on any atom is 0.182 e. The fourth-order valence-electron chi connectivity index (χ4n) is 10.3. The molecular formula is C55H43N3. The molecule has 0 saturated carbocycles. The molecule has 1 spiro atoms. The van der Waals surface area contributed by atoms with Crippen molar-refractivity contribution >= 4 is 21.5 Å². The van der Waals surface area contributed by atoms with Gasteiger partial charge in [-0.05, 0) is 89.2 Å². The van der Waals surface area contributed by atoms with Crippen LogP contribution in [0.2, 0.25) is 0 Å². The van der Waals surface area contributed by atoms with E-state index in [-0.39, 0.29) is 10.8 Å². The van der Waals surface area contributed by atoms with Gasteiger partial charge in [-0.1, -0.05) is 192 Å². The molecule has 278 valence electrons. The Morgan fingerprint density at radius 3 is 1.79 bits per heavy atom. The monoisotopic (exact) mass is 745 g/mol. The minimum Gasteiger partial charge on any atom is -0.224 e. The highest BCUT2D eigenvalue weighted by Gasteiger charge is 2.54. The Hall–Kier alpha value is -6.71. The summed E-state index contributed by atoms with van der Waals surface area (Å²) in [6.07, 6.45) is 0. The van der Waals surface area contributed by atoms with E-state index in [0.29, 0.717) is 5.82 Å². The second-order valence-electron chi connectivity index (χ2n) is 17.6. The molecule has 3 heteroatoms. The summed E-state index contributed by atoms with van der Waals surface area (Å²) in [7, 11) is 0. The highest BCUT2D eigenvalue weighted by molar-refractivity contribution is 6.08. The van der Waals surface area contributed by atoms with Crippen LogP contribution in [0.4, 0.5) is 0 Å². The molecule has 9 aromatic rings. The lowest BCUT2D eigenvalue weighted by molar-refractivity contribution is 0.564. The molecule has 1 heterocycles. The quantitative estimate of drug-likeness (QED) is 0.169. The first-order valence-electron chi connectivity index (χ1n) is 20.4. The summed E-state index contributed by atoms with van der Waals surface area (Å²) in [5.74, 6) is 0.610. The Labute approximate surface area is 340 Å². The Balaban J connectivity index is 1.22. The predicted molar refractivity (Wildman–Crippen MR) is 239 cm³/mol. The van der Waals surface area contributed by atoms with Gasteiger partial charge in [0.25, 0.3) is 0 Å². The third-order valence-electron chi connectivity index (χ3n) is 13.0. The summed E-state index contributed by atoms with van der Waals surface area (Å²) >= 11 is 0. The molecule has 0 bridgehead atoms. The Kier molecular flexibility index (Phi) is 7.38. The van der Waals surface area contributed by atoms with Crippen molar-refractivity contribution in [3.63, 3.8) is 0 Å². The van der Waals surface area contributed by atoms with Gasteiger partial charge in [-0.3, -0.25) is 0 Å². The van der Waals surface area contributed by atoms with E-state index in [4.69, 9.17) is 15.2 Å². The van der Waals surface area contributed by atoms with Gasteiger partial charge in [0.15, 0.2) is 5.82 Å². The number of benzene rings is 8. The van der Waals surface area contributed by atoms with E-state index < -0.39 is 5.41 Å². The van der Waals surface area contributed by atoms with Crippen molar-refractivity contribution in [2.45, 2.75) is 50.9 Å². The van der Waals surface area contributed by atoms with Crippen LogP contribution in [0, 0.1) is 0 Å². The van der Waals surface area contributed by atoms with Crippen LogP contribution in [0.5, 0.6) is 0 Å². The van der Waals surface area contributed by atoms with Crippen molar-refractivity contribution in [2.24, 2.45) is 0 Å². The zero-order valence-electron chi connectivity index (χ0n) is 33.5. The zero-order valence-corrected chi connectivity index (χ0v) is 33.5. The van der Waals surface area contributed by atoms with Crippen molar-refractivity contribution in [1.82, 2.24) is 15.2 Å². The standard InChI is InChI=1S/C55H43N3/c1-53(2,3)38-18-14-17-36(33-38)50-51(56-52(58-57-50)37-30-31-40-35(32-37)29-28-34-16-6-7-19-39(34)40)43-22-15-27-48-49(43)54(4,5)46-25-12-13-26-47(46)55(48)44-23-10-8-20-41(44)42-21-9-11-24-45(42)55/h6-33H,1-5H3. The van der Waals surface area contributed by atoms with E-state index in [0.717, 1.165) is 33.5 Å². The molecule has 1 aromatic heterocycles. The molecule has 0 fully saturated rings. The lowest BCUT2D eigenvalue weighted by atomic mass is 9.54. The molecule has 11 rings (SSSR count). The van der Waals surface area contributed by atoms with Gasteiger partial charge < -0.3 is 0 Å². The van der Waals surface area contributed by atoms with Crippen LogP contribution < -0.4 is 0 Å². The van der Waals surface area contributed by atoms with Crippen LogP contribution in [0.3, 0.4) is 0 Å². The molecule has 3 nitrogen and oxygen atoms in total. The molecule has 0 atom stereocenters. The number of aromatic nitrogens is 3. The molecule has 58 heavy (non-hydrogen) atoms. The van der Waals surface area contributed by atoms with E-state index in [2.05, 4.69) is 204 Å². The number of nitrogens with zero attached hydrogens (tertiary/aromatic N) is 3. The van der Waals surface area contributed by atoms with Crippen LogP contribution in [0.1, 0.15) is 73.6 Å². The van der Waals surface area contributed by atoms with Crippen molar-refractivity contribution in [3.8, 4) is 45.0 Å². The summed E-state index contributed by atoms with van der Waals surface area (Å²) in [6.45, 7) is 11.5. The van der Waals surface area contributed by atoms with E-state index >= 15 is 0 Å². The maximum atomic E-state index is 5.61. The van der Waals surface area contributed by atoms with Crippen molar-refractivity contribution in [1.29, 1.82) is 0 Å². The second kappa shape index (κ2) is 12.4. The Morgan fingerprint density at radius 2 is 1.03 bits per heavy atom. The summed E-state index contributed by atoms with van der Waals surface area (Å²) in [6, 6.07) is 62.3. The first kappa shape index (κ1) is 34.5. The fraction of sp³-hybridized carbons (Fsp3) is 0.145. The number of fused-ring (bicyclic) bond motifs is 12. The second-order valence-corrected chi connectivity index (χ2v) is 17.6. The molecule has 0 saturated heterocycles. The Bertz CT molecular complexity index is 3100. The third-order valence-corrected chi connectivity index (χ3v) is 13.0. The van der Waals surface area contributed by atoms with Crippen molar-refractivity contribution in [3.05, 3.63) is 209 Å². The SMILES string of the molecule is CC(C)(C)c1cccc(-c2nnc(-c3ccc4c(ccc5ccccc54)c3)nc2-c2cccc3c2C(C)(C)c2ccccc2C32c3ccccc3-c3ccccc32)c1. The first-order valence-corrected chi connectivity index (χ1v) is 20.4. The molecule has 8 aromatic carbocycles. The van der Waals surface area contributed by atoms with Gasteiger partial charge in [-0.2, -0.15) is 0 Å². The largest absolute Gasteiger partial charge is 0.224 e. The van der Waals surface area contributed by atoms with Crippen LogP contribution in [-0.2, 0) is 16.2 Å². The normalized spacial score (nSPS) is 14.6. The minimum atomic E-state index is -0.513. The van der Waals surface area contributed by atoms with Gasteiger partial charge in [0.1, 0.15) is 11.4 Å². The van der Waals surface area contributed by atoms with Gasteiger partial charge in [0, 0.05) is 22.1 Å². The molecule has 2 aliphatic carbocycles. The van der Waals surface area contributed by atoms with Gasteiger partial charge >= 0.3 is 0 Å². The van der Waals surface area contributed by atoms with Crippen LogP contribution in [0.15, 0.2) is 170 Å². The number of rotatable bonds is 3. The van der Waals surface area contributed by atoms with Gasteiger partial charge in [-0.15, -0.1) is 10.2 Å². The average Bonchev–Trinajstić information content (AvgIpc) is 3.55. The third kappa shape index (κ3) is 4.83. The highest BCUT2D eigenvalue weighted by Crippen LogP contribution is 2.63. The van der Waals surface area contributed by atoms with Gasteiger partial charge in [0.05, 0.1) is 5.41 Å². The smallest absolute Gasteiger partial charge is 0.182 e. The summed E-state index contributed by atoms with van der Waals surface area (Å²) < 4.78 is 0. The summed E-state index contributed by atoms with van der Waals surface area (Å²) in [5, 5.41) is 14.9.